The number of nitrogens with two attached hydrogens (primary N) is 1. The van der Waals surface area contributed by atoms with Gasteiger partial charge in [-0.15, -0.1) is 0 Å². The second-order valence-corrected chi connectivity index (χ2v) is 9.75. The van der Waals surface area contributed by atoms with Crippen molar-refractivity contribution in [1.82, 2.24) is 15.3 Å². The van der Waals surface area contributed by atoms with Gasteiger partial charge in [0.05, 0.1) is 4.47 Å². The van der Waals surface area contributed by atoms with Crippen LogP contribution in [0.15, 0.2) is 34.9 Å². The van der Waals surface area contributed by atoms with Gasteiger partial charge in [-0.05, 0) is 53.9 Å². The standard InChI is InChI=1S/C24H29BrN6O5/c1-24(2,21(26)34)22(35)28-11-3-10-27-20-16(25)13-29-23(31-20)30-15-6-4-14(5-7-15)12-17(32)18-8-9-19(33)36-18/h4-7,13,18H,3,8-12H2,1-2H3,(H2,26,34)(H,28,35)(H2,27,29,30,31)/t18-/m1/s1. The van der Waals surface area contributed by atoms with Gasteiger partial charge in [0, 0.05) is 44.2 Å². The highest BCUT2D eigenvalue weighted by Crippen LogP contribution is 2.23. The number of hydrogen-bond acceptors (Lipinski definition) is 9. The van der Waals surface area contributed by atoms with Crippen molar-refractivity contribution < 1.29 is 23.9 Å². The Labute approximate surface area is 217 Å². The molecule has 5 N–H and O–H groups in total. The van der Waals surface area contributed by atoms with Crippen molar-refractivity contribution in [2.24, 2.45) is 11.1 Å². The number of Topliss-reactive ketones (excluding diaryl/α,β-unsaturated/α-hetero) is 1. The first-order valence-electron chi connectivity index (χ1n) is 11.5. The van der Waals surface area contributed by atoms with Crippen LogP contribution in [0.5, 0.6) is 0 Å². The fraction of sp³-hybridized carbons (Fsp3) is 0.417. The van der Waals surface area contributed by atoms with Crippen LogP contribution in [0.25, 0.3) is 0 Å². The van der Waals surface area contributed by atoms with Crippen molar-refractivity contribution in [3.8, 4) is 0 Å². The van der Waals surface area contributed by atoms with Crippen LogP contribution in [0.4, 0.5) is 17.5 Å². The van der Waals surface area contributed by atoms with Crippen LogP contribution in [-0.4, -0.2) is 52.7 Å². The zero-order valence-electron chi connectivity index (χ0n) is 20.1. The Morgan fingerprint density at radius 2 is 1.92 bits per heavy atom. The lowest BCUT2D eigenvalue weighted by atomic mass is 9.91. The summed E-state index contributed by atoms with van der Waals surface area (Å²) in [5.74, 6) is -0.579. The first-order chi connectivity index (χ1) is 17.1. The summed E-state index contributed by atoms with van der Waals surface area (Å²) in [5, 5.41) is 9.00. The average molecular weight is 561 g/mol. The molecular formula is C24H29BrN6O5. The molecule has 12 heteroatoms. The SMILES string of the molecule is CC(C)(C(N)=O)C(=O)NCCCNc1nc(Nc2ccc(CC(=O)[C@H]3CCC(=O)O3)cc2)ncc1Br. The number of carbonyl (C=O) groups excluding carboxylic acids is 4. The van der Waals surface area contributed by atoms with Crippen LogP contribution in [0.1, 0.15) is 38.7 Å². The van der Waals surface area contributed by atoms with Gasteiger partial charge in [0.15, 0.2) is 11.9 Å². The Kier molecular flexibility index (Phi) is 8.97. The van der Waals surface area contributed by atoms with Gasteiger partial charge in [0.2, 0.25) is 17.8 Å². The second kappa shape index (κ2) is 11.9. The first-order valence-corrected chi connectivity index (χ1v) is 12.3. The number of cyclic esters (lactones) is 1. The smallest absolute Gasteiger partial charge is 0.306 e. The molecule has 2 heterocycles. The van der Waals surface area contributed by atoms with Crippen molar-refractivity contribution in [1.29, 1.82) is 0 Å². The van der Waals surface area contributed by atoms with Crippen molar-refractivity contribution in [3.05, 3.63) is 40.5 Å². The number of primary amides is 1. The predicted octanol–water partition coefficient (Wildman–Crippen LogP) is 2.23. The highest BCUT2D eigenvalue weighted by Gasteiger charge is 2.33. The molecule has 1 fully saturated rings. The summed E-state index contributed by atoms with van der Waals surface area (Å²) in [4.78, 5) is 55.6. The van der Waals surface area contributed by atoms with Gasteiger partial charge >= 0.3 is 5.97 Å². The Hall–Kier alpha value is -3.54. The minimum Gasteiger partial charge on any atom is -0.454 e. The molecular weight excluding hydrogens is 532 g/mol. The Morgan fingerprint density at radius 1 is 1.19 bits per heavy atom. The number of benzene rings is 1. The van der Waals surface area contributed by atoms with E-state index in [4.69, 9.17) is 10.5 Å². The van der Waals surface area contributed by atoms with Crippen LogP contribution in [0, 0.1) is 5.41 Å². The van der Waals surface area contributed by atoms with E-state index in [1.165, 1.54) is 13.8 Å². The molecule has 0 unspecified atom stereocenters. The van der Waals surface area contributed by atoms with E-state index in [-0.39, 0.29) is 24.6 Å². The molecule has 0 saturated carbocycles. The van der Waals surface area contributed by atoms with Crippen molar-refractivity contribution in [3.63, 3.8) is 0 Å². The van der Waals surface area contributed by atoms with Gasteiger partial charge in [0.1, 0.15) is 11.2 Å². The molecule has 2 aromatic rings. The van der Waals surface area contributed by atoms with E-state index in [1.807, 2.05) is 24.3 Å². The van der Waals surface area contributed by atoms with Crippen molar-refractivity contribution in [2.45, 2.75) is 45.6 Å². The van der Waals surface area contributed by atoms with E-state index in [9.17, 15) is 19.2 Å². The number of esters is 1. The topological polar surface area (TPSA) is 165 Å². The van der Waals surface area contributed by atoms with Crippen LogP contribution in [0.2, 0.25) is 0 Å². The Morgan fingerprint density at radius 3 is 2.56 bits per heavy atom. The highest BCUT2D eigenvalue weighted by molar-refractivity contribution is 9.10. The molecule has 1 saturated heterocycles. The molecule has 0 aliphatic carbocycles. The fourth-order valence-corrected chi connectivity index (χ4v) is 3.61. The van der Waals surface area contributed by atoms with Gasteiger partial charge in [-0.2, -0.15) is 4.98 Å². The summed E-state index contributed by atoms with van der Waals surface area (Å²) in [6.45, 7) is 3.86. The summed E-state index contributed by atoms with van der Waals surface area (Å²) in [7, 11) is 0. The lowest BCUT2D eigenvalue weighted by Crippen LogP contribution is -2.46. The largest absolute Gasteiger partial charge is 0.454 e. The number of aromatic nitrogens is 2. The second-order valence-electron chi connectivity index (χ2n) is 8.90. The van der Waals surface area contributed by atoms with Crippen molar-refractivity contribution >= 4 is 57.0 Å². The van der Waals surface area contributed by atoms with Gasteiger partial charge in [-0.3, -0.25) is 19.2 Å². The van der Waals surface area contributed by atoms with Crippen LogP contribution >= 0.6 is 15.9 Å². The summed E-state index contributed by atoms with van der Waals surface area (Å²) in [6.07, 6.45) is 2.49. The lowest BCUT2D eigenvalue weighted by molar-refractivity contribution is -0.147. The fourth-order valence-electron chi connectivity index (χ4n) is 3.28. The maximum absolute atomic E-state index is 12.3. The van der Waals surface area contributed by atoms with E-state index in [2.05, 4.69) is 41.8 Å². The quantitative estimate of drug-likeness (QED) is 0.173. The zero-order chi connectivity index (χ0) is 26.3. The van der Waals surface area contributed by atoms with Crippen LogP contribution in [0.3, 0.4) is 0 Å². The van der Waals surface area contributed by atoms with E-state index >= 15 is 0 Å². The Balaban J connectivity index is 1.48. The minimum absolute atomic E-state index is 0.107. The summed E-state index contributed by atoms with van der Waals surface area (Å²) < 4.78 is 5.70. The molecule has 0 bridgehead atoms. The zero-order valence-corrected chi connectivity index (χ0v) is 21.7. The molecule has 0 spiro atoms. The number of hydrogen-bond donors (Lipinski definition) is 4. The predicted molar refractivity (Wildman–Crippen MR) is 136 cm³/mol. The number of ether oxygens (including phenoxy) is 1. The molecule has 1 aromatic carbocycles. The summed E-state index contributed by atoms with van der Waals surface area (Å²) >= 11 is 3.41. The number of halogens is 1. The van der Waals surface area contributed by atoms with Crippen LogP contribution < -0.4 is 21.7 Å². The molecule has 3 rings (SSSR count). The van der Waals surface area contributed by atoms with Gasteiger partial charge in [-0.1, -0.05) is 12.1 Å². The molecule has 1 atom stereocenters. The molecule has 36 heavy (non-hydrogen) atoms. The number of nitrogens with zero attached hydrogens (tertiary/aromatic N) is 2. The van der Waals surface area contributed by atoms with E-state index in [0.717, 1.165) is 11.3 Å². The lowest BCUT2D eigenvalue weighted by Gasteiger charge is -2.19. The normalized spacial score (nSPS) is 15.2. The molecule has 1 aliphatic rings. The number of nitrogens with one attached hydrogen (secondary N) is 3. The third-order valence-corrected chi connectivity index (χ3v) is 6.27. The number of ketones is 1. The molecule has 1 aromatic heterocycles. The molecule has 1 aliphatic heterocycles. The third-order valence-electron chi connectivity index (χ3n) is 5.69. The van der Waals surface area contributed by atoms with E-state index < -0.39 is 23.3 Å². The monoisotopic (exact) mass is 560 g/mol. The molecule has 192 valence electrons. The first kappa shape index (κ1) is 27.1. The van der Waals surface area contributed by atoms with Gasteiger partial charge in [-0.25, -0.2) is 4.98 Å². The number of carbonyl (C=O) groups is 4. The maximum atomic E-state index is 12.3. The third kappa shape index (κ3) is 7.23. The number of anilines is 3. The highest BCUT2D eigenvalue weighted by atomic mass is 79.9. The van der Waals surface area contributed by atoms with Gasteiger partial charge in [0.25, 0.3) is 0 Å². The summed E-state index contributed by atoms with van der Waals surface area (Å²) in [6, 6.07) is 7.28. The number of rotatable bonds is 12. The average Bonchev–Trinajstić information content (AvgIpc) is 3.28. The van der Waals surface area contributed by atoms with Crippen molar-refractivity contribution in [2.75, 3.05) is 23.7 Å². The Bertz CT molecular complexity index is 1140. The molecule has 11 nitrogen and oxygen atoms in total. The van der Waals surface area contributed by atoms with E-state index in [0.29, 0.717) is 42.2 Å². The minimum atomic E-state index is -1.26. The van der Waals surface area contributed by atoms with E-state index in [1.54, 1.807) is 6.20 Å². The van der Waals surface area contributed by atoms with Crippen LogP contribution in [-0.2, 0) is 30.3 Å². The maximum Gasteiger partial charge on any atom is 0.306 e. The van der Waals surface area contributed by atoms with Gasteiger partial charge < -0.3 is 26.4 Å². The number of amides is 2. The molecule has 2 amide bonds. The molecule has 0 radical (unpaired) electrons. The summed E-state index contributed by atoms with van der Waals surface area (Å²) in [5.41, 5.74) is 5.55.